The molecule has 2 rings (SSSR count). The van der Waals surface area contributed by atoms with Gasteiger partial charge in [-0.15, -0.1) is 0 Å². The first kappa shape index (κ1) is 21.6. The molecular weight excluding hydrogens is 340 g/mol. The van der Waals surface area contributed by atoms with Crippen molar-refractivity contribution in [1.29, 1.82) is 0 Å². The van der Waals surface area contributed by atoms with E-state index in [1.807, 2.05) is 12.1 Å². The minimum absolute atomic E-state index is 0.0990. The van der Waals surface area contributed by atoms with Gasteiger partial charge in [0.25, 0.3) is 0 Å². The van der Waals surface area contributed by atoms with Gasteiger partial charge in [-0.1, -0.05) is 71.6 Å². The van der Waals surface area contributed by atoms with E-state index in [-0.39, 0.29) is 12.8 Å². The van der Waals surface area contributed by atoms with Gasteiger partial charge in [-0.05, 0) is 36.1 Å². The number of unbranched alkanes of at least 4 members (excludes halogenated alkanes) is 8. The molecule has 0 bridgehead atoms. The number of hydrogen-bond acceptors (Lipinski definition) is 4. The summed E-state index contributed by atoms with van der Waals surface area (Å²) in [5.74, 6) is 1.45. The highest BCUT2D eigenvalue weighted by Crippen LogP contribution is 2.35. The number of aryl methyl sites for hydroxylation is 1. The smallest absolute Gasteiger partial charge is 0.306 e. The summed E-state index contributed by atoms with van der Waals surface area (Å²) in [4.78, 5) is 12.0. The Hall–Kier alpha value is -1.71. The lowest BCUT2D eigenvalue weighted by Crippen LogP contribution is -2.06. The van der Waals surface area contributed by atoms with Crippen molar-refractivity contribution in [2.24, 2.45) is 0 Å². The van der Waals surface area contributed by atoms with E-state index >= 15 is 0 Å². The van der Waals surface area contributed by atoms with Crippen LogP contribution < -0.4 is 9.47 Å². The Balaban J connectivity index is 1.63. The Bertz CT molecular complexity index is 568. The minimum atomic E-state index is -0.0990. The molecule has 0 aliphatic carbocycles. The number of carbonyl (C=O) groups is 1. The van der Waals surface area contributed by atoms with E-state index in [9.17, 15) is 4.79 Å². The molecule has 152 valence electrons. The van der Waals surface area contributed by atoms with Crippen molar-refractivity contribution in [3.63, 3.8) is 0 Å². The summed E-state index contributed by atoms with van der Waals surface area (Å²) in [6, 6.07) is 3.98. The second-order valence-corrected chi connectivity index (χ2v) is 7.46. The van der Waals surface area contributed by atoms with Crippen LogP contribution in [0.4, 0.5) is 0 Å². The summed E-state index contributed by atoms with van der Waals surface area (Å²) in [7, 11) is 0. The molecule has 0 fully saturated rings. The van der Waals surface area contributed by atoms with Crippen LogP contribution in [0.25, 0.3) is 0 Å². The van der Waals surface area contributed by atoms with Gasteiger partial charge >= 0.3 is 5.97 Å². The van der Waals surface area contributed by atoms with Crippen LogP contribution in [0.5, 0.6) is 11.5 Å². The molecule has 0 radical (unpaired) electrons. The molecular formula is C23H36O4. The third-order valence-electron chi connectivity index (χ3n) is 5.09. The zero-order chi connectivity index (χ0) is 19.3. The van der Waals surface area contributed by atoms with Gasteiger partial charge in [-0.2, -0.15) is 0 Å². The molecule has 4 nitrogen and oxygen atoms in total. The van der Waals surface area contributed by atoms with Crippen LogP contribution in [0.2, 0.25) is 0 Å². The van der Waals surface area contributed by atoms with Crippen LogP contribution in [0.3, 0.4) is 0 Å². The molecule has 0 unspecified atom stereocenters. The van der Waals surface area contributed by atoms with Gasteiger partial charge in [-0.25, -0.2) is 0 Å². The quantitative estimate of drug-likeness (QED) is 0.281. The second-order valence-electron chi connectivity index (χ2n) is 7.46. The van der Waals surface area contributed by atoms with Crippen molar-refractivity contribution < 1.29 is 19.0 Å². The molecule has 0 aromatic heterocycles. The summed E-state index contributed by atoms with van der Waals surface area (Å²) in [5, 5.41) is 0. The first-order chi connectivity index (χ1) is 13.2. The fourth-order valence-corrected chi connectivity index (χ4v) is 3.47. The number of esters is 1. The molecule has 1 aliphatic rings. The van der Waals surface area contributed by atoms with Gasteiger partial charge in [0.2, 0.25) is 6.79 Å². The standard InChI is InChI=1S/C23H36O4/c1-3-5-6-7-8-9-10-11-12-14-23(24)25-17-20-16-22-21(26-18-27-22)15-19(20)13-4-2/h15-16H,3-14,17-18H2,1-2H3. The summed E-state index contributed by atoms with van der Waals surface area (Å²) >= 11 is 0. The van der Waals surface area contributed by atoms with E-state index in [1.165, 1.54) is 50.5 Å². The summed E-state index contributed by atoms with van der Waals surface area (Å²) in [6.07, 6.45) is 13.8. The van der Waals surface area contributed by atoms with Gasteiger partial charge in [-0.3, -0.25) is 4.79 Å². The van der Waals surface area contributed by atoms with Crippen LogP contribution in [-0.4, -0.2) is 12.8 Å². The fraction of sp³-hybridized carbons (Fsp3) is 0.696. The molecule has 1 aromatic carbocycles. The number of rotatable bonds is 14. The van der Waals surface area contributed by atoms with Crippen LogP contribution in [0.15, 0.2) is 12.1 Å². The van der Waals surface area contributed by atoms with E-state index in [1.54, 1.807) is 0 Å². The first-order valence-electron chi connectivity index (χ1n) is 10.8. The number of fused-ring (bicyclic) bond motifs is 1. The van der Waals surface area contributed by atoms with Crippen LogP contribution in [-0.2, 0) is 22.6 Å². The fourth-order valence-electron chi connectivity index (χ4n) is 3.47. The van der Waals surface area contributed by atoms with Crippen molar-refractivity contribution in [2.75, 3.05) is 6.79 Å². The first-order valence-corrected chi connectivity index (χ1v) is 10.8. The Morgan fingerprint density at radius 1 is 0.852 bits per heavy atom. The zero-order valence-electron chi connectivity index (χ0n) is 17.2. The molecule has 1 heterocycles. The predicted molar refractivity (Wildman–Crippen MR) is 108 cm³/mol. The third kappa shape index (κ3) is 7.82. The molecule has 0 N–H and O–H groups in total. The van der Waals surface area contributed by atoms with Gasteiger partial charge in [0.1, 0.15) is 6.61 Å². The maximum Gasteiger partial charge on any atom is 0.306 e. The summed E-state index contributed by atoms with van der Waals surface area (Å²) in [5.41, 5.74) is 2.21. The largest absolute Gasteiger partial charge is 0.461 e. The number of benzene rings is 1. The van der Waals surface area contributed by atoms with E-state index in [0.29, 0.717) is 13.0 Å². The average molecular weight is 377 g/mol. The van der Waals surface area contributed by atoms with E-state index < -0.39 is 0 Å². The maximum atomic E-state index is 12.0. The minimum Gasteiger partial charge on any atom is -0.461 e. The molecule has 27 heavy (non-hydrogen) atoms. The highest BCUT2D eigenvalue weighted by atomic mass is 16.7. The Morgan fingerprint density at radius 3 is 2.07 bits per heavy atom. The lowest BCUT2D eigenvalue weighted by Gasteiger charge is -2.11. The van der Waals surface area contributed by atoms with E-state index in [4.69, 9.17) is 14.2 Å². The molecule has 4 heteroatoms. The Kier molecular flexibility index (Phi) is 10.1. The molecule has 0 saturated carbocycles. The molecule has 1 aromatic rings. The second kappa shape index (κ2) is 12.6. The van der Waals surface area contributed by atoms with E-state index in [2.05, 4.69) is 13.8 Å². The third-order valence-corrected chi connectivity index (χ3v) is 5.09. The van der Waals surface area contributed by atoms with Gasteiger partial charge in [0.05, 0.1) is 0 Å². The molecule has 0 spiro atoms. The topological polar surface area (TPSA) is 44.8 Å². The lowest BCUT2D eigenvalue weighted by atomic mass is 10.0. The lowest BCUT2D eigenvalue weighted by molar-refractivity contribution is -0.145. The number of ether oxygens (including phenoxy) is 3. The molecule has 0 atom stereocenters. The van der Waals surface area contributed by atoms with Gasteiger partial charge < -0.3 is 14.2 Å². The summed E-state index contributed by atoms with van der Waals surface area (Å²) < 4.78 is 16.4. The highest BCUT2D eigenvalue weighted by molar-refractivity contribution is 5.69. The van der Waals surface area contributed by atoms with Gasteiger partial charge in [0, 0.05) is 6.42 Å². The number of carbonyl (C=O) groups excluding carboxylic acids is 1. The van der Waals surface area contributed by atoms with E-state index in [0.717, 1.165) is 42.7 Å². The van der Waals surface area contributed by atoms with Crippen LogP contribution in [0.1, 0.15) is 95.6 Å². The highest BCUT2D eigenvalue weighted by Gasteiger charge is 2.17. The summed E-state index contributed by atoms with van der Waals surface area (Å²) in [6.45, 7) is 4.98. The Morgan fingerprint density at radius 2 is 1.44 bits per heavy atom. The monoisotopic (exact) mass is 376 g/mol. The van der Waals surface area contributed by atoms with Crippen molar-refractivity contribution in [3.8, 4) is 11.5 Å². The van der Waals surface area contributed by atoms with Crippen molar-refractivity contribution >= 4 is 5.97 Å². The maximum absolute atomic E-state index is 12.0. The van der Waals surface area contributed by atoms with Crippen molar-refractivity contribution in [1.82, 2.24) is 0 Å². The number of hydrogen-bond donors (Lipinski definition) is 0. The molecule has 1 aliphatic heterocycles. The Labute approximate surface area is 164 Å². The average Bonchev–Trinajstić information content (AvgIpc) is 3.12. The van der Waals surface area contributed by atoms with Crippen LogP contribution >= 0.6 is 0 Å². The SMILES string of the molecule is CCCCCCCCCCCC(=O)OCc1cc2c(cc1CCC)OCO2. The van der Waals surface area contributed by atoms with Crippen molar-refractivity contribution in [2.45, 2.75) is 97.5 Å². The molecule has 0 amide bonds. The van der Waals surface area contributed by atoms with Gasteiger partial charge in [0.15, 0.2) is 11.5 Å². The van der Waals surface area contributed by atoms with Crippen LogP contribution in [0, 0.1) is 0 Å². The predicted octanol–water partition coefficient (Wildman–Crippen LogP) is 6.33. The normalized spacial score (nSPS) is 12.4. The zero-order valence-corrected chi connectivity index (χ0v) is 17.2. The van der Waals surface area contributed by atoms with Crippen molar-refractivity contribution in [3.05, 3.63) is 23.3 Å². The molecule has 0 saturated heterocycles.